The van der Waals surface area contributed by atoms with Gasteiger partial charge in [-0.3, -0.25) is 14.9 Å². The quantitative estimate of drug-likeness (QED) is 0.379. The van der Waals surface area contributed by atoms with Gasteiger partial charge in [0, 0.05) is 17.7 Å². The molecule has 0 spiro atoms. The first-order chi connectivity index (χ1) is 10.4. The first kappa shape index (κ1) is 15.6. The molecule has 0 radical (unpaired) electrons. The van der Waals surface area contributed by atoms with Gasteiger partial charge in [-0.05, 0) is 24.3 Å². The fourth-order valence-corrected chi connectivity index (χ4v) is 1.87. The van der Waals surface area contributed by atoms with Crippen molar-refractivity contribution in [2.75, 3.05) is 6.61 Å². The number of aromatic hydroxyl groups is 2. The van der Waals surface area contributed by atoms with Gasteiger partial charge >= 0.3 is 0 Å². The van der Waals surface area contributed by atoms with Crippen LogP contribution in [0.2, 0.25) is 5.02 Å². The van der Waals surface area contributed by atoms with E-state index in [2.05, 4.69) is 0 Å². The molecule has 0 aliphatic rings. The van der Waals surface area contributed by atoms with Crippen molar-refractivity contribution in [3.05, 3.63) is 57.1 Å². The summed E-state index contributed by atoms with van der Waals surface area (Å²) in [5.41, 5.74) is -0.0412. The number of hydrogen-bond donors (Lipinski definition) is 2. The van der Waals surface area contributed by atoms with Gasteiger partial charge < -0.3 is 14.9 Å². The molecule has 2 N–H and O–H groups in total. The summed E-state index contributed by atoms with van der Waals surface area (Å²) in [6, 6.07) is 7.24. The molecule has 0 amide bonds. The molecule has 8 heteroatoms. The first-order valence-electron chi connectivity index (χ1n) is 6.00. The minimum absolute atomic E-state index is 0.00977. The monoisotopic (exact) mass is 323 g/mol. The fourth-order valence-electron chi connectivity index (χ4n) is 1.64. The molecule has 0 saturated heterocycles. The Bertz CT molecular complexity index is 746. The number of ether oxygens (including phenoxy) is 1. The molecule has 0 fully saturated rings. The summed E-state index contributed by atoms with van der Waals surface area (Å²) in [4.78, 5) is 21.9. The molecular weight excluding hydrogens is 314 g/mol. The Morgan fingerprint density at radius 3 is 2.50 bits per heavy atom. The van der Waals surface area contributed by atoms with Crippen LogP contribution in [-0.2, 0) is 0 Å². The van der Waals surface area contributed by atoms with Crippen molar-refractivity contribution in [3.63, 3.8) is 0 Å². The van der Waals surface area contributed by atoms with Crippen LogP contribution in [0.1, 0.15) is 10.4 Å². The van der Waals surface area contributed by atoms with Crippen LogP contribution in [0.25, 0.3) is 0 Å². The smallest absolute Gasteiger partial charge is 0.271 e. The average Bonchev–Trinajstić information content (AvgIpc) is 2.48. The molecule has 0 heterocycles. The van der Waals surface area contributed by atoms with Crippen molar-refractivity contribution in [2.45, 2.75) is 0 Å². The van der Waals surface area contributed by atoms with E-state index in [4.69, 9.17) is 16.3 Å². The number of nitrogens with zero attached hydrogens (tertiary/aromatic N) is 1. The number of phenols is 2. The second kappa shape index (κ2) is 6.31. The minimum Gasteiger partial charge on any atom is -0.504 e. The number of Topliss-reactive ketones (excluding diaryl/α,β-unsaturated/α-hetero) is 1. The molecule has 22 heavy (non-hydrogen) atoms. The summed E-state index contributed by atoms with van der Waals surface area (Å²) < 4.78 is 5.21. The van der Waals surface area contributed by atoms with E-state index in [1.165, 1.54) is 24.3 Å². The number of phenolic OH excluding ortho intramolecular Hbond substituents is 2. The van der Waals surface area contributed by atoms with Gasteiger partial charge in [0.1, 0.15) is 5.75 Å². The number of rotatable bonds is 5. The van der Waals surface area contributed by atoms with Crippen molar-refractivity contribution < 1.29 is 24.7 Å². The standard InChI is InChI=1S/C14H10ClNO6/c15-10-6-9(16(20)21)2-4-14(10)22-7-13(19)8-1-3-11(17)12(18)5-8/h1-6,17-18H,7H2. The highest BCUT2D eigenvalue weighted by molar-refractivity contribution is 6.32. The highest BCUT2D eigenvalue weighted by Crippen LogP contribution is 2.29. The van der Waals surface area contributed by atoms with E-state index < -0.39 is 16.5 Å². The van der Waals surface area contributed by atoms with E-state index in [0.29, 0.717) is 0 Å². The predicted octanol–water partition coefficient (Wildman–Crippen LogP) is 2.92. The number of benzene rings is 2. The summed E-state index contributed by atoms with van der Waals surface area (Å²) >= 11 is 5.84. The van der Waals surface area contributed by atoms with Gasteiger partial charge in [-0.1, -0.05) is 11.6 Å². The Balaban J connectivity index is 2.07. The molecule has 0 saturated carbocycles. The molecule has 0 bridgehead atoms. The van der Waals surface area contributed by atoms with Crippen molar-refractivity contribution in [3.8, 4) is 17.2 Å². The van der Waals surface area contributed by atoms with Crippen molar-refractivity contribution in [1.82, 2.24) is 0 Å². The normalized spacial score (nSPS) is 10.2. The second-order valence-electron chi connectivity index (χ2n) is 4.29. The largest absolute Gasteiger partial charge is 0.504 e. The summed E-state index contributed by atoms with van der Waals surface area (Å²) in [7, 11) is 0. The molecule has 0 atom stereocenters. The Hall–Kier alpha value is -2.80. The predicted molar refractivity (Wildman–Crippen MR) is 77.7 cm³/mol. The van der Waals surface area contributed by atoms with Crippen molar-refractivity contribution >= 4 is 23.1 Å². The lowest BCUT2D eigenvalue weighted by molar-refractivity contribution is -0.384. The van der Waals surface area contributed by atoms with Gasteiger partial charge in [0.2, 0.25) is 0 Å². The molecule has 0 aromatic heterocycles. The summed E-state index contributed by atoms with van der Waals surface area (Å²) in [5, 5.41) is 29.1. The Morgan fingerprint density at radius 2 is 1.91 bits per heavy atom. The number of carbonyl (C=O) groups excluding carboxylic acids is 1. The van der Waals surface area contributed by atoms with Gasteiger partial charge in [-0.25, -0.2) is 0 Å². The maximum Gasteiger partial charge on any atom is 0.271 e. The third-order valence-corrected chi connectivity index (χ3v) is 3.08. The van der Waals surface area contributed by atoms with Crippen molar-refractivity contribution in [1.29, 1.82) is 0 Å². The maximum atomic E-state index is 11.9. The first-order valence-corrected chi connectivity index (χ1v) is 6.38. The van der Waals surface area contributed by atoms with Gasteiger partial charge in [0.25, 0.3) is 5.69 Å². The van der Waals surface area contributed by atoms with E-state index in [0.717, 1.165) is 12.1 Å². The van der Waals surface area contributed by atoms with E-state index in [1.807, 2.05) is 0 Å². The molecule has 0 aliphatic heterocycles. The molecule has 7 nitrogen and oxygen atoms in total. The Kier molecular flexibility index (Phi) is 4.47. The van der Waals surface area contributed by atoms with Crippen LogP contribution in [0, 0.1) is 10.1 Å². The van der Waals surface area contributed by atoms with Gasteiger partial charge in [0.15, 0.2) is 23.9 Å². The number of nitro benzene ring substituents is 1. The molecule has 114 valence electrons. The molecule has 2 aromatic carbocycles. The van der Waals surface area contributed by atoms with Crippen LogP contribution in [0.5, 0.6) is 17.2 Å². The minimum atomic E-state index is -0.597. The lowest BCUT2D eigenvalue weighted by atomic mass is 10.1. The second-order valence-corrected chi connectivity index (χ2v) is 4.69. The average molecular weight is 324 g/mol. The molecule has 2 aromatic rings. The molecule has 0 aliphatic carbocycles. The van der Waals surface area contributed by atoms with E-state index in [-0.39, 0.29) is 34.4 Å². The molecule has 2 rings (SSSR count). The van der Waals surface area contributed by atoms with E-state index in [9.17, 15) is 25.1 Å². The topological polar surface area (TPSA) is 110 Å². The molecule has 0 unspecified atom stereocenters. The van der Waals surface area contributed by atoms with Crippen molar-refractivity contribution in [2.24, 2.45) is 0 Å². The number of non-ortho nitro benzene ring substituents is 1. The Labute approximate surface area is 129 Å². The summed E-state index contributed by atoms with van der Waals surface area (Å²) in [6.45, 7) is -0.373. The number of nitro groups is 1. The summed E-state index contributed by atoms with van der Waals surface area (Å²) in [6.07, 6.45) is 0. The van der Waals surface area contributed by atoms with E-state index in [1.54, 1.807) is 0 Å². The third kappa shape index (κ3) is 3.44. The van der Waals surface area contributed by atoms with Gasteiger partial charge in [-0.15, -0.1) is 0 Å². The number of halogens is 1. The lowest BCUT2D eigenvalue weighted by Crippen LogP contribution is -2.11. The zero-order valence-electron chi connectivity index (χ0n) is 11.0. The number of carbonyl (C=O) groups is 1. The maximum absolute atomic E-state index is 11.9. The van der Waals surface area contributed by atoms with Crippen LogP contribution < -0.4 is 4.74 Å². The highest BCUT2D eigenvalue weighted by atomic mass is 35.5. The molecular formula is C14H10ClNO6. The van der Waals surface area contributed by atoms with Crippen LogP contribution in [0.15, 0.2) is 36.4 Å². The number of hydrogen-bond acceptors (Lipinski definition) is 6. The SMILES string of the molecule is O=C(COc1ccc([N+](=O)[O-])cc1Cl)c1ccc(O)c(O)c1. The zero-order valence-corrected chi connectivity index (χ0v) is 11.8. The Morgan fingerprint density at radius 1 is 1.18 bits per heavy atom. The van der Waals surface area contributed by atoms with Crippen LogP contribution in [0.3, 0.4) is 0 Å². The van der Waals surface area contributed by atoms with Crippen LogP contribution >= 0.6 is 11.6 Å². The van der Waals surface area contributed by atoms with Crippen LogP contribution in [-0.4, -0.2) is 27.5 Å². The third-order valence-electron chi connectivity index (χ3n) is 2.78. The lowest BCUT2D eigenvalue weighted by Gasteiger charge is -2.07. The number of ketones is 1. The van der Waals surface area contributed by atoms with E-state index >= 15 is 0 Å². The zero-order chi connectivity index (χ0) is 16.3. The fraction of sp³-hybridized carbons (Fsp3) is 0.0714. The van der Waals surface area contributed by atoms with Gasteiger partial charge in [0.05, 0.1) is 9.95 Å². The van der Waals surface area contributed by atoms with Crippen LogP contribution in [0.4, 0.5) is 5.69 Å². The highest BCUT2D eigenvalue weighted by Gasteiger charge is 2.13. The summed E-state index contributed by atoms with van der Waals surface area (Å²) in [5.74, 6) is -1.08. The van der Waals surface area contributed by atoms with Gasteiger partial charge in [-0.2, -0.15) is 0 Å².